The minimum atomic E-state index is -0.217. The first-order valence-corrected chi connectivity index (χ1v) is 6.16. The highest BCUT2D eigenvalue weighted by molar-refractivity contribution is 5.95. The number of hydrogen-bond donors (Lipinski definition) is 1. The van der Waals surface area contributed by atoms with Crippen molar-refractivity contribution in [2.45, 2.75) is 19.4 Å². The average Bonchev–Trinajstić information content (AvgIpc) is 2.37. The van der Waals surface area contributed by atoms with Gasteiger partial charge in [-0.15, -0.1) is 0 Å². The summed E-state index contributed by atoms with van der Waals surface area (Å²) in [4.78, 5) is 11.0. The number of fused-ring (bicyclic) bond motifs is 3. The lowest BCUT2D eigenvalue weighted by Crippen LogP contribution is -2.31. The third kappa shape index (κ3) is 1.92. The molecule has 0 radical (unpaired) electrons. The molecule has 3 nitrogen and oxygen atoms in total. The lowest BCUT2D eigenvalue weighted by atomic mass is 9.96. The topological polar surface area (TPSA) is 38.3 Å². The van der Waals surface area contributed by atoms with Crippen LogP contribution in [0.3, 0.4) is 0 Å². The molecule has 1 heterocycles. The number of carbonyl (C=O) groups is 1. The van der Waals surface area contributed by atoms with E-state index in [-0.39, 0.29) is 12.1 Å². The number of rotatable bonds is 1. The monoisotopic (exact) mass is 241 g/mol. The zero-order valence-electron chi connectivity index (χ0n) is 10.3. The van der Waals surface area contributed by atoms with Crippen LogP contribution in [-0.2, 0) is 16.0 Å². The van der Waals surface area contributed by atoms with Gasteiger partial charge in [0.25, 0.3) is 0 Å². The Bertz CT molecular complexity index is 606. The minimum Gasteiger partial charge on any atom is -0.460 e. The van der Waals surface area contributed by atoms with Gasteiger partial charge in [0.1, 0.15) is 6.10 Å². The predicted molar refractivity (Wildman–Crippen MR) is 71.7 cm³/mol. The van der Waals surface area contributed by atoms with E-state index in [1.807, 2.05) is 12.1 Å². The summed E-state index contributed by atoms with van der Waals surface area (Å²) in [5.41, 5.74) is 2.39. The van der Waals surface area contributed by atoms with Crippen LogP contribution in [0.2, 0.25) is 0 Å². The lowest BCUT2D eigenvalue weighted by molar-refractivity contribution is -0.145. The molecule has 0 amide bonds. The molecule has 0 spiro atoms. The average molecular weight is 241 g/mol. The molecular formula is C15H15NO2. The van der Waals surface area contributed by atoms with Crippen molar-refractivity contribution >= 4 is 22.4 Å². The van der Waals surface area contributed by atoms with Gasteiger partial charge in [-0.05, 0) is 10.9 Å². The Morgan fingerprint density at radius 2 is 2.11 bits per heavy atom. The molecule has 1 aliphatic rings. The second-order valence-electron chi connectivity index (χ2n) is 4.64. The number of nitrogens with one attached hydrogen (secondary N) is 1. The van der Waals surface area contributed by atoms with Crippen molar-refractivity contribution in [2.24, 2.45) is 0 Å². The molecule has 2 aromatic carbocycles. The van der Waals surface area contributed by atoms with E-state index in [1.54, 1.807) is 0 Å². The molecule has 1 atom stereocenters. The SMILES string of the molecule is CC(=O)OC1CNc2c(ccc3ccccc23)C1. The molecular weight excluding hydrogens is 226 g/mol. The molecule has 0 bridgehead atoms. The maximum atomic E-state index is 11.0. The van der Waals surface area contributed by atoms with E-state index in [9.17, 15) is 4.79 Å². The van der Waals surface area contributed by atoms with Crippen molar-refractivity contribution in [3.8, 4) is 0 Å². The first-order valence-electron chi connectivity index (χ1n) is 6.16. The zero-order chi connectivity index (χ0) is 12.5. The number of esters is 1. The van der Waals surface area contributed by atoms with Crippen molar-refractivity contribution < 1.29 is 9.53 Å². The molecule has 0 aromatic heterocycles. The Labute approximate surface area is 106 Å². The summed E-state index contributed by atoms with van der Waals surface area (Å²) in [6.07, 6.45) is 0.725. The second kappa shape index (κ2) is 4.33. The minimum absolute atomic E-state index is 0.0591. The van der Waals surface area contributed by atoms with E-state index < -0.39 is 0 Å². The number of carbonyl (C=O) groups excluding carboxylic acids is 1. The summed E-state index contributed by atoms with van der Waals surface area (Å²) in [5.74, 6) is -0.217. The number of anilines is 1. The van der Waals surface area contributed by atoms with Gasteiger partial charge in [0.05, 0.1) is 6.54 Å². The highest BCUT2D eigenvalue weighted by atomic mass is 16.5. The Morgan fingerprint density at radius 3 is 2.94 bits per heavy atom. The van der Waals surface area contributed by atoms with Gasteiger partial charge in [0, 0.05) is 24.4 Å². The molecule has 3 heteroatoms. The third-order valence-corrected chi connectivity index (χ3v) is 3.30. The van der Waals surface area contributed by atoms with Crippen LogP contribution in [0.5, 0.6) is 0 Å². The van der Waals surface area contributed by atoms with Gasteiger partial charge in [-0.3, -0.25) is 4.79 Å². The van der Waals surface area contributed by atoms with Gasteiger partial charge in [-0.1, -0.05) is 36.4 Å². The number of ether oxygens (including phenoxy) is 1. The summed E-state index contributed by atoms with van der Waals surface area (Å²) in [5, 5.41) is 5.85. The fourth-order valence-electron chi connectivity index (χ4n) is 2.55. The van der Waals surface area contributed by atoms with E-state index in [1.165, 1.54) is 28.9 Å². The Balaban J connectivity index is 1.98. The highest BCUT2D eigenvalue weighted by Gasteiger charge is 2.21. The van der Waals surface area contributed by atoms with Crippen molar-refractivity contribution in [2.75, 3.05) is 11.9 Å². The quantitative estimate of drug-likeness (QED) is 0.780. The van der Waals surface area contributed by atoms with Crippen LogP contribution >= 0.6 is 0 Å². The molecule has 0 saturated heterocycles. The second-order valence-corrected chi connectivity index (χ2v) is 4.64. The van der Waals surface area contributed by atoms with Gasteiger partial charge >= 0.3 is 5.97 Å². The van der Waals surface area contributed by atoms with Crippen LogP contribution in [0, 0.1) is 0 Å². The van der Waals surface area contributed by atoms with Gasteiger partial charge in [-0.25, -0.2) is 0 Å². The summed E-state index contributed by atoms with van der Waals surface area (Å²) >= 11 is 0. The van der Waals surface area contributed by atoms with E-state index >= 15 is 0 Å². The predicted octanol–water partition coefficient (Wildman–Crippen LogP) is 2.74. The van der Waals surface area contributed by atoms with Gasteiger partial charge in [0.15, 0.2) is 0 Å². The van der Waals surface area contributed by atoms with Gasteiger partial charge < -0.3 is 10.1 Å². The van der Waals surface area contributed by atoms with Gasteiger partial charge in [0.2, 0.25) is 0 Å². The van der Waals surface area contributed by atoms with Crippen molar-refractivity contribution in [1.82, 2.24) is 0 Å². The smallest absolute Gasteiger partial charge is 0.302 e. The van der Waals surface area contributed by atoms with Crippen LogP contribution in [-0.4, -0.2) is 18.6 Å². The molecule has 0 fully saturated rings. The van der Waals surface area contributed by atoms with Crippen molar-refractivity contribution in [1.29, 1.82) is 0 Å². The Kier molecular flexibility index (Phi) is 2.67. The maximum Gasteiger partial charge on any atom is 0.302 e. The van der Waals surface area contributed by atoms with E-state index in [4.69, 9.17) is 4.74 Å². The molecule has 1 N–H and O–H groups in total. The summed E-state index contributed by atoms with van der Waals surface area (Å²) in [7, 11) is 0. The normalized spacial score (nSPS) is 17.9. The third-order valence-electron chi connectivity index (χ3n) is 3.30. The largest absolute Gasteiger partial charge is 0.460 e. The lowest BCUT2D eigenvalue weighted by Gasteiger charge is -2.26. The Hall–Kier alpha value is -2.03. The highest BCUT2D eigenvalue weighted by Crippen LogP contribution is 2.31. The number of benzene rings is 2. The fourth-order valence-corrected chi connectivity index (χ4v) is 2.55. The van der Waals surface area contributed by atoms with Crippen LogP contribution in [0.25, 0.3) is 10.8 Å². The molecule has 0 saturated carbocycles. The first-order chi connectivity index (χ1) is 8.74. The zero-order valence-corrected chi connectivity index (χ0v) is 10.3. The molecule has 1 aliphatic heterocycles. The molecule has 0 aliphatic carbocycles. The van der Waals surface area contributed by atoms with Crippen molar-refractivity contribution in [3.63, 3.8) is 0 Å². The summed E-state index contributed by atoms with van der Waals surface area (Å²) < 4.78 is 5.26. The maximum absolute atomic E-state index is 11.0. The standard InChI is InChI=1S/C15H15NO2/c1-10(17)18-13-8-12-7-6-11-4-2-3-5-14(11)15(12)16-9-13/h2-7,13,16H,8-9H2,1H3. The van der Waals surface area contributed by atoms with E-state index in [0.717, 1.165) is 6.42 Å². The van der Waals surface area contributed by atoms with Crippen LogP contribution in [0.4, 0.5) is 5.69 Å². The van der Waals surface area contributed by atoms with Crippen LogP contribution in [0.1, 0.15) is 12.5 Å². The first kappa shape index (κ1) is 11.1. The molecule has 3 rings (SSSR count). The molecule has 18 heavy (non-hydrogen) atoms. The van der Waals surface area contributed by atoms with Crippen LogP contribution < -0.4 is 5.32 Å². The van der Waals surface area contributed by atoms with Gasteiger partial charge in [-0.2, -0.15) is 0 Å². The van der Waals surface area contributed by atoms with Crippen LogP contribution in [0.15, 0.2) is 36.4 Å². The van der Waals surface area contributed by atoms with Crippen molar-refractivity contribution in [3.05, 3.63) is 42.0 Å². The number of hydrogen-bond acceptors (Lipinski definition) is 3. The molecule has 1 unspecified atom stereocenters. The molecule has 2 aromatic rings. The van der Waals surface area contributed by atoms with E-state index in [0.29, 0.717) is 6.54 Å². The Morgan fingerprint density at radius 1 is 1.28 bits per heavy atom. The molecule has 92 valence electrons. The summed E-state index contributed by atoms with van der Waals surface area (Å²) in [6, 6.07) is 12.5. The fraction of sp³-hybridized carbons (Fsp3) is 0.267. The van der Waals surface area contributed by atoms with E-state index in [2.05, 4.69) is 29.6 Å². The summed E-state index contributed by atoms with van der Waals surface area (Å²) in [6.45, 7) is 2.14.